The number of hydrogen-bond donors (Lipinski definition) is 1. The lowest BCUT2D eigenvalue weighted by Gasteiger charge is -2.00. The summed E-state index contributed by atoms with van der Waals surface area (Å²) < 4.78 is 5.81. The lowest BCUT2D eigenvalue weighted by Crippen LogP contribution is -1.98. The molecule has 4 rings (SSSR count). The second kappa shape index (κ2) is 5.93. The molecule has 0 radical (unpaired) electrons. The van der Waals surface area contributed by atoms with Crippen LogP contribution in [-0.2, 0) is 6.54 Å². The van der Waals surface area contributed by atoms with Crippen molar-refractivity contribution in [1.29, 1.82) is 0 Å². The molecular weight excluding hydrogens is 286 g/mol. The summed E-state index contributed by atoms with van der Waals surface area (Å²) in [6, 6.07) is 20.7. The zero-order valence-corrected chi connectivity index (χ0v) is 12.4. The Hall–Kier alpha value is -3.14. The molecule has 0 aliphatic carbocycles. The maximum absolute atomic E-state index is 5.81. The molecule has 2 heterocycles. The minimum atomic E-state index is 0.538. The van der Waals surface area contributed by atoms with Crippen molar-refractivity contribution in [3.8, 4) is 11.1 Å². The Morgan fingerprint density at radius 3 is 2.52 bits per heavy atom. The molecule has 0 fully saturated rings. The largest absolute Gasteiger partial charge is 0.424 e. The average Bonchev–Trinajstić information content (AvgIpc) is 3.04. The highest BCUT2D eigenvalue weighted by Gasteiger charge is 2.07. The summed E-state index contributed by atoms with van der Waals surface area (Å²) in [5, 5.41) is 3.22. The van der Waals surface area contributed by atoms with Crippen LogP contribution >= 0.6 is 0 Å². The summed E-state index contributed by atoms with van der Waals surface area (Å²) in [5.74, 6) is 0. The van der Waals surface area contributed by atoms with Gasteiger partial charge in [-0.1, -0.05) is 36.4 Å². The Labute approximate surface area is 133 Å². The fraction of sp³-hybridized carbons (Fsp3) is 0.0526. The van der Waals surface area contributed by atoms with E-state index in [0.717, 1.165) is 22.2 Å². The Morgan fingerprint density at radius 2 is 1.70 bits per heavy atom. The summed E-state index contributed by atoms with van der Waals surface area (Å²) in [7, 11) is 0. The van der Waals surface area contributed by atoms with Gasteiger partial charge in [0.2, 0.25) is 0 Å². The van der Waals surface area contributed by atoms with E-state index < -0.39 is 0 Å². The quantitative estimate of drug-likeness (QED) is 0.603. The second-order valence-corrected chi connectivity index (χ2v) is 5.28. The molecular formula is C19H15N3O. The van der Waals surface area contributed by atoms with Crippen LogP contribution in [0, 0.1) is 0 Å². The van der Waals surface area contributed by atoms with E-state index in [0.29, 0.717) is 12.6 Å². The standard InChI is InChI=1S/C19H15N3O/c1-2-4-14(5-3-1)13-21-19-22-17-7-6-16(12-18(17)23-19)15-8-10-20-11-9-15/h1-12H,13H2,(H,21,22). The van der Waals surface area contributed by atoms with Crippen molar-refractivity contribution in [2.75, 3.05) is 5.32 Å². The number of hydrogen-bond acceptors (Lipinski definition) is 4. The van der Waals surface area contributed by atoms with E-state index in [9.17, 15) is 0 Å². The predicted molar refractivity (Wildman–Crippen MR) is 91.0 cm³/mol. The summed E-state index contributed by atoms with van der Waals surface area (Å²) in [6.45, 7) is 0.685. The Bertz CT molecular complexity index is 917. The Kier molecular flexibility index (Phi) is 3.48. The fourth-order valence-electron chi connectivity index (χ4n) is 2.50. The average molecular weight is 301 g/mol. The molecule has 2 aromatic heterocycles. The van der Waals surface area contributed by atoms with Gasteiger partial charge in [-0.2, -0.15) is 4.98 Å². The number of nitrogens with one attached hydrogen (secondary N) is 1. The number of oxazole rings is 1. The maximum atomic E-state index is 5.81. The summed E-state index contributed by atoms with van der Waals surface area (Å²) >= 11 is 0. The van der Waals surface area contributed by atoms with Gasteiger partial charge >= 0.3 is 0 Å². The third kappa shape index (κ3) is 2.92. The van der Waals surface area contributed by atoms with Crippen LogP contribution in [0.25, 0.3) is 22.2 Å². The number of aromatic nitrogens is 2. The first-order valence-electron chi connectivity index (χ1n) is 7.47. The third-order valence-corrected chi connectivity index (χ3v) is 3.69. The fourth-order valence-corrected chi connectivity index (χ4v) is 2.50. The summed E-state index contributed by atoms with van der Waals surface area (Å²) in [6.07, 6.45) is 3.57. The first-order chi connectivity index (χ1) is 11.4. The molecule has 4 heteroatoms. The second-order valence-electron chi connectivity index (χ2n) is 5.28. The van der Waals surface area contributed by atoms with Crippen molar-refractivity contribution in [3.05, 3.63) is 78.6 Å². The van der Waals surface area contributed by atoms with Gasteiger partial charge in [-0.05, 0) is 41.0 Å². The van der Waals surface area contributed by atoms with Crippen molar-refractivity contribution >= 4 is 17.1 Å². The number of pyridine rings is 1. The van der Waals surface area contributed by atoms with Crippen LogP contribution in [0.2, 0.25) is 0 Å². The van der Waals surface area contributed by atoms with E-state index in [1.165, 1.54) is 5.56 Å². The van der Waals surface area contributed by atoms with Crippen molar-refractivity contribution in [3.63, 3.8) is 0 Å². The minimum Gasteiger partial charge on any atom is -0.424 e. The summed E-state index contributed by atoms with van der Waals surface area (Å²) in [4.78, 5) is 8.52. The van der Waals surface area contributed by atoms with Gasteiger partial charge in [0.15, 0.2) is 5.58 Å². The Morgan fingerprint density at radius 1 is 0.870 bits per heavy atom. The molecule has 0 amide bonds. The monoisotopic (exact) mass is 301 g/mol. The van der Waals surface area contributed by atoms with Crippen LogP contribution in [-0.4, -0.2) is 9.97 Å². The highest BCUT2D eigenvalue weighted by Crippen LogP contribution is 2.26. The molecule has 0 unspecified atom stereocenters. The first kappa shape index (κ1) is 13.5. The predicted octanol–water partition coefficient (Wildman–Crippen LogP) is 4.50. The number of benzene rings is 2. The molecule has 0 spiro atoms. The van der Waals surface area contributed by atoms with Gasteiger partial charge in [0.05, 0.1) is 0 Å². The molecule has 0 bridgehead atoms. The van der Waals surface area contributed by atoms with E-state index in [2.05, 4.69) is 27.4 Å². The first-order valence-corrected chi connectivity index (χ1v) is 7.47. The number of rotatable bonds is 4. The van der Waals surface area contributed by atoms with Crippen LogP contribution in [0.1, 0.15) is 5.56 Å². The molecule has 112 valence electrons. The van der Waals surface area contributed by atoms with Crippen molar-refractivity contribution in [2.45, 2.75) is 6.54 Å². The van der Waals surface area contributed by atoms with Crippen LogP contribution in [0.3, 0.4) is 0 Å². The SMILES string of the molecule is c1ccc(CNc2nc3ccc(-c4ccncc4)cc3o2)cc1. The molecule has 4 aromatic rings. The van der Waals surface area contributed by atoms with Crippen LogP contribution in [0.5, 0.6) is 0 Å². The molecule has 0 aliphatic heterocycles. The van der Waals surface area contributed by atoms with Gasteiger partial charge in [0.25, 0.3) is 6.01 Å². The van der Waals surface area contributed by atoms with Crippen molar-refractivity contribution < 1.29 is 4.42 Å². The number of fused-ring (bicyclic) bond motifs is 1. The van der Waals surface area contributed by atoms with Crippen molar-refractivity contribution in [2.24, 2.45) is 0 Å². The molecule has 0 aliphatic rings. The maximum Gasteiger partial charge on any atom is 0.295 e. The molecule has 1 N–H and O–H groups in total. The van der Waals surface area contributed by atoms with Gasteiger partial charge < -0.3 is 9.73 Å². The van der Waals surface area contributed by atoms with Crippen molar-refractivity contribution in [1.82, 2.24) is 9.97 Å². The zero-order valence-electron chi connectivity index (χ0n) is 12.4. The van der Waals surface area contributed by atoms with E-state index in [1.54, 1.807) is 12.4 Å². The Balaban J connectivity index is 1.58. The van der Waals surface area contributed by atoms with Crippen LogP contribution in [0.4, 0.5) is 6.01 Å². The van der Waals surface area contributed by atoms with E-state index in [-0.39, 0.29) is 0 Å². The molecule has 0 saturated carbocycles. The molecule has 2 aromatic carbocycles. The molecule has 4 nitrogen and oxygen atoms in total. The van der Waals surface area contributed by atoms with Gasteiger partial charge in [-0.15, -0.1) is 0 Å². The highest BCUT2D eigenvalue weighted by atomic mass is 16.4. The number of anilines is 1. The van der Waals surface area contributed by atoms with Crippen LogP contribution < -0.4 is 5.32 Å². The van der Waals surface area contributed by atoms with Gasteiger partial charge in [-0.3, -0.25) is 4.98 Å². The minimum absolute atomic E-state index is 0.538. The topological polar surface area (TPSA) is 51.0 Å². The molecule has 0 atom stereocenters. The zero-order chi connectivity index (χ0) is 15.5. The smallest absolute Gasteiger partial charge is 0.295 e. The van der Waals surface area contributed by atoms with E-state index in [1.807, 2.05) is 48.5 Å². The normalized spacial score (nSPS) is 10.8. The molecule has 0 saturated heterocycles. The number of nitrogens with zero attached hydrogens (tertiary/aromatic N) is 2. The van der Waals surface area contributed by atoms with Gasteiger partial charge in [0, 0.05) is 18.9 Å². The highest BCUT2D eigenvalue weighted by molar-refractivity contribution is 5.81. The van der Waals surface area contributed by atoms with E-state index in [4.69, 9.17) is 4.42 Å². The molecule has 23 heavy (non-hydrogen) atoms. The lowest BCUT2D eigenvalue weighted by atomic mass is 10.1. The lowest BCUT2D eigenvalue weighted by molar-refractivity contribution is 0.614. The van der Waals surface area contributed by atoms with Gasteiger partial charge in [-0.25, -0.2) is 0 Å². The van der Waals surface area contributed by atoms with Crippen LogP contribution in [0.15, 0.2) is 77.5 Å². The van der Waals surface area contributed by atoms with E-state index >= 15 is 0 Å². The third-order valence-electron chi connectivity index (χ3n) is 3.69. The van der Waals surface area contributed by atoms with Gasteiger partial charge in [0.1, 0.15) is 5.52 Å². The summed E-state index contributed by atoms with van der Waals surface area (Å²) in [5.41, 5.74) is 5.00.